The zero-order valence-corrected chi connectivity index (χ0v) is 13.0. The Bertz CT molecular complexity index is 543. The second-order valence-electron chi connectivity index (χ2n) is 5.12. The summed E-state index contributed by atoms with van der Waals surface area (Å²) in [5.41, 5.74) is 4.76. The fourth-order valence-corrected chi connectivity index (χ4v) is 2.64. The minimum atomic E-state index is 0.229. The standard InChI is InChI=1S/C17H21ClN2/c1-4-13-5-6-16(20-11-13)10-17(19-3)14-7-12(2)8-15(18)9-14/h5-9,11,17,19H,4,10H2,1-3H3. The van der Waals surface area contributed by atoms with E-state index in [0.717, 1.165) is 23.6 Å². The predicted octanol–water partition coefficient (Wildman–Crippen LogP) is 4.11. The number of aromatic nitrogens is 1. The molecule has 3 heteroatoms. The van der Waals surface area contributed by atoms with Gasteiger partial charge in [-0.1, -0.05) is 30.7 Å². The number of hydrogen-bond donors (Lipinski definition) is 1. The van der Waals surface area contributed by atoms with Crippen molar-refractivity contribution in [3.8, 4) is 0 Å². The molecule has 0 bridgehead atoms. The largest absolute Gasteiger partial charge is 0.313 e. The van der Waals surface area contributed by atoms with Crippen LogP contribution in [0.1, 0.15) is 35.3 Å². The molecule has 0 aliphatic heterocycles. The molecule has 1 aromatic carbocycles. The maximum absolute atomic E-state index is 6.15. The van der Waals surface area contributed by atoms with Crippen LogP contribution in [-0.4, -0.2) is 12.0 Å². The van der Waals surface area contributed by atoms with E-state index in [1.807, 2.05) is 25.4 Å². The van der Waals surface area contributed by atoms with E-state index < -0.39 is 0 Å². The molecule has 0 aliphatic carbocycles. The van der Waals surface area contributed by atoms with Crippen LogP contribution in [0, 0.1) is 6.92 Å². The van der Waals surface area contributed by atoms with Gasteiger partial charge in [-0.3, -0.25) is 4.98 Å². The average molecular weight is 289 g/mol. The van der Waals surface area contributed by atoms with Gasteiger partial charge >= 0.3 is 0 Å². The molecule has 20 heavy (non-hydrogen) atoms. The third kappa shape index (κ3) is 3.81. The van der Waals surface area contributed by atoms with Crippen LogP contribution in [0.15, 0.2) is 36.5 Å². The van der Waals surface area contributed by atoms with Crippen molar-refractivity contribution in [2.45, 2.75) is 32.7 Å². The highest BCUT2D eigenvalue weighted by atomic mass is 35.5. The highest BCUT2D eigenvalue weighted by molar-refractivity contribution is 6.30. The molecule has 0 saturated heterocycles. The van der Waals surface area contributed by atoms with Crippen molar-refractivity contribution in [3.63, 3.8) is 0 Å². The normalized spacial score (nSPS) is 12.4. The highest BCUT2D eigenvalue weighted by Gasteiger charge is 2.12. The van der Waals surface area contributed by atoms with Gasteiger partial charge in [0.05, 0.1) is 0 Å². The number of benzene rings is 1. The fourth-order valence-electron chi connectivity index (χ4n) is 2.35. The van der Waals surface area contributed by atoms with Gasteiger partial charge in [0, 0.05) is 29.4 Å². The lowest BCUT2D eigenvalue weighted by atomic mass is 10.00. The van der Waals surface area contributed by atoms with Crippen LogP contribution in [0.5, 0.6) is 0 Å². The molecular formula is C17H21ClN2. The first-order valence-corrected chi connectivity index (χ1v) is 7.38. The highest BCUT2D eigenvalue weighted by Crippen LogP contribution is 2.22. The van der Waals surface area contributed by atoms with E-state index in [4.69, 9.17) is 11.6 Å². The van der Waals surface area contributed by atoms with Crippen molar-refractivity contribution in [1.82, 2.24) is 10.3 Å². The molecular weight excluding hydrogens is 268 g/mol. The first-order valence-electron chi connectivity index (χ1n) is 7.00. The number of halogens is 1. The monoisotopic (exact) mass is 288 g/mol. The van der Waals surface area contributed by atoms with Crippen LogP contribution >= 0.6 is 11.6 Å². The number of hydrogen-bond acceptors (Lipinski definition) is 2. The molecule has 2 aromatic rings. The topological polar surface area (TPSA) is 24.9 Å². The van der Waals surface area contributed by atoms with Gasteiger partial charge in [-0.2, -0.15) is 0 Å². The van der Waals surface area contributed by atoms with Gasteiger partial charge in [0.15, 0.2) is 0 Å². The summed E-state index contributed by atoms with van der Waals surface area (Å²) in [7, 11) is 1.97. The second kappa shape index (κ2) is 6.87. The molecule has 0 saturated carbocycles. The molecule has 106 valence electrons. The minimum Gasteiger partial charge on any atom is -0.313 e. The summed E-state index contributed by atoms with van der Waals surface area (Å²) in [5.74, 6) is 0. The number of likely N-dealkylation sites (N-methyl/N-ethyl adjacent to an activating group) is 1. The van der Waals surface area contributed by atoms with Gasteiger partial charge < -0.3 is 5.32 Å². The molecule has 0 radical (unpaired) electrons. The van der Waals surface area contributed by atoms with E-state index in [0.29, 0.717) is 0 Å². The summed E-state index contributed by atoms with van der Waals surface area (Å²) in [4.78, 5) is 4.53. The maximum Gasteiger partial charge on any atom is 0.0422 e. The van der Waals surface area contributed by atoms with E-state index in [9.17, 15) is 0 Å². The summed E-state index contributed by atoms with van der Waals surface area (Å²) in [6.07, 6.45) is 3.85. The summed E-state index contributed by atoms with van der Waals surface area (Å²) >= 11 is 6.15. The van der Waals surface area contributed by atoms with E-state index in [-0.39, 0.29) is 6.04 Å². The second-order valence-corrected chi connectivity index (χ2v) is 5.56. The fraction of sp³-hybridized carbons (Fsp3) is 0.353. The average Bonchev–Trinajstić information content (AvgIpc) is 2.44. The van der Waals surface area contributed by atoms with Crippen molar-refractivity contribution >= 4 is 11.6 Å². The zero-order chi connectivity index (χ0) is 14.5. The first kappa shape index (κ1) is 15.0. The molecule has 0 amide bonds. The van der Waals surface area contributed by atoms with E-state index >= 15 is 0 Å². The summed E-state index contributed by atoms with van der Waals surface area (Å²) in [5, 5.41) is 4.14. The Morgan fingerprint density at radius 2 is 2.05 bits per heavy atom. The third-order valence-corrected chi connectivity index (χ3v) is 3.74. The Hall–Kier alpha value is -1.38. The number of nitrogens with one attached hydrogen (secondary N) is 1. The Morgan fingerprint density at radius 3 is 2.60 bits per heavy atom. The molecule has 1 heterocycles. The molecule has 1 N–H and O–H groups in total. The van der Waals surface area contributed by atoms with Gasteiger partial charge in [-0.05, 0) is 55.3 Å². The Labute approximate surface area is 126 Å². The van der Waals surface area contributed by atoms with E-state index in [2.05, 4.69) is 42.3 Å². The quantitative estimate of drug-likeness (QED) is 0.896. The lowest BCUT2D eigenvalue weighted by Crippen LogP contribution is -2.19. The Balaban J connectivity index is 2.19. The Morgan fingerprint density at radius 1 is 1.25 bits per heavy atom. The number of pyridine rings is 1. The third-order valence-electron chi connectivity index (χ3n) is 3.52. The van der Waals surface area contributed by atoms with Crippen molar-refractivity contribution in [3.05, 3.63) is 63.9 Å². The van der Waals surface area contributed by atoms with Crippen LogP contribution in [0.4, 0.5) is 0 Å². The molecule has 1 unspecified atom stereocenters. The van der Waals surface area contributed by atoms with Crippen LogP contribution in [-0.2, 0) is 12.8 Å². The smallest absolute Gasteiger partial charge is 0.0422 e. The number of rotatable bonds is 5. The van der Waals surface area contributed by atoms with Crippen molar-refractivity contribution in [2.24, 2.45) is 0 Å². The summed E-state index contributed by atoms with van der Waals surface area (Å²) in [6.45, 7) is 4.21. The van der Waals surface area contributed by atoms with Gasteiger partial charge in [0.2, 0.25) is 0 Å². The van der Waals surface area contributed by atoms with Crippen molar-refractivity contribution < 1.29 is 0 Å². The maximum atomic E-state index is 6.15. The molecule has 1 aromatic heterocycles. The molecule has 1 atom stereocenters. The molecule has 0 fully saturated rings. The molecule has 0 aliphatic rings. The predicted molar refractivity (Wildman–Crippen MR) is 85.3 cm³/mol. The van der Waals surface area contributed by atoms with E-state index in [1.54, 1.807) is 0 Å². The summed E-state index contributed by atoms with van der Waals surface area (Å²) < 4.78 is 0. The molecule has 2 rings (SSSR count). The minimum absolute atomic E-state index is 0.229. The first-order chi connectivity index (χ1) is 9.62. The lowest BCUT2D eigenvalue weighted by Gasteiger charge is -2.17. The molecule has 2 nitrogen and oxygen atoms in total. The van der Waals surface area contributed by atoms with Gasteiger partial charge in [-0.15, -0.1) is 0 Å². The number of nitrogens with zero attached hydrogens (tertiary/aromatic N) is 1. The van der Waals surface area contributed by atoms with Gasteiger partial charge in [0.1, 0.15) is 0 Å². The van der Waals surface area contributed by atoms with Crippen LogP contribution in [0.2, 0.25) is 5.02 Å². The van der Waals surface area contributed by atoms with Crippen molar-refractivity contribution in [2.75, 3.05) is 7.05 Å². The lowest BCUT2D eigenvalue weighted by molar-refractivity contribution is 0.584. The van der Waals surface area contributed by atoms with E-state index in [1.165, 1.54) is 16.7 Å². The summed E-state index contributed by atoms with van der Waals surface area (Å²) in [6, 6.07) is 10.7. The van der Waals surface area contributed by atoms with Crippen LogP contribution in [0.25, 0.3) is 0 Å². The SMILES string of the molecule is CCc1ccc(CC(NC)c2cc(C)cc(Cl)c2)nc1. The Kier molecular flexibility index (Phi) is 5.16. The molecule has 0 spiro atoms. The van der Waals surface area contributed by atoms with Crippen LogP contribution in [0.3, 0.4) is 0 Å². The van der Waals surface area contributed by atoms with Crippen molar-refractivity contribution in [1.29, 1.82) is 0 Å². The number of aryl methyl sites for hydroxylation is 2. The zero-order valence-electron chi connectivity index (χ0n) is 12.3. The van der Waals surface area contributed by atoms with Crippen LogP contribution < -0.4 is 5.32 Å². The van der Waals surface area contributed by atoms with Gasteiger partial charge in [-0.25, -0.2) is 0 Å². The van der Waals surface area contributed by atoms with Gasteiger partial charge in [0.25, 0.3) is 0 Å².